The zero-order valence-corrected chi connectivity index (χ0v) is 4.87. The minimum atomic E-state index is -0.0509. The average molecular weight is 114 g/mol. The van der Waals surface area contributed by atoms with Crippen LogP contribution in [0.1, 0.15) is 6.92 Å². The summed E-state index contributed by atoms with van der Waals surface area (Å²) in [6.07, 6.45) is 3.96. The van der Waals surface area contributed by atoms with Crippen LogP contribution in [0.25, 0.3) is 0 Å². The topological polar surface area (TPSA) is 29.5 Å². The van der Waals surface area contributed by atoms with Crippen molar-refractivity contribution >= 4 is 0 Å². The first-order valence-electron chi connectivity index (χ1n) is 2.77. The lowest BCUT2D eigenvalue weighted by molar-refractivity contribution is 0.0340. The first-order valence-corrected chi connectivity index (χ1v) is 2.77. The summed E-state index contributed by atoms with van der Waals surface area (Å²) in [4.78, 5) is 0. The number of hydrogen-bond acceptors (Lipinski definition) is 2. The molecule has 1 aliphatic heterocycles. The van der Waals surface area contributed by atoms with Gasteiger partial charge in [-0.15, -0.1) is 0 Å². The molecular formula is C6H10O2. The van der Waals surface area contributed by atoms with Crippen molar-refractivity contribution in [1.29, 1.82) is 0 Å². The lowest BCUT2D eigenvalue weighted by atomic mass is 10.3. The van der Waals surface area contributed by atoms with Crippen LogP contribution in [-0.4, -0.2) is 23.9 Å². The molecule has 0 aromatic heterocycles. The fourth-order valence-electron chi connectivity index (χ4n) is 0.751. The molecular weight excluding hydrogens is 104 g/mol. The standard InChI is InChI=1S/C6H10O2/c1-5-2-3-6(4-7)8-5/h2-3,5-7H,4H2,1H3. The van der Waals surface area contributed by atoms with Crippen LogP contribution in [0.5, 0.6) is 0 Å². The maximum atomic E-state index is 8.51. The summed E-state index contributed by atoms with van der Waals surface area (Å²) in [5, 5.41) is 8.51. The van der Waals surface area contributed by atoms with Gasteiger partial charge in [-0.05, 0) is 6.92 Å². The molecule has 8 heavy (non-hydrogen) atoms. The van der Waals surface area contributed by atoms with Crippen LogP contribution in [0.2, 0.25) is 0 Å². The second-order valence-electron chi connectivity index (χ2n) is 1.95. The molecule has 0 radical (unpaired) electrons. The van der Waals surface area contributed by atoms with E-state index in [-0.39, 0.29) is 18.8 Å². The number of aliphatic hydroxyl groups excluding tert-OH is 1. The number of rotatable bonds is 1. The molecule has 0 bridgehead atoms. The molecule has 1 rings (SSSR count). The van der Waals surface area contributed by atoms with Crippen molar-refractivity contribution in [1.82, 2.24) is 0 Å². The van der Waals surface area contributed by atoms with Crippen LogP contribution in [-0.2, 0) is 4.74 Å². The molecule has 2 unspecified atom stereocenters. The lowest BCUT2D eigenvalue weighted by Gasteiger charge is -2.05. The van der Waals surface area contributed by atoms with Crippen molar-refractivity contribution in [3.8, 4) is 0 Å². The third kappa shape index (κ3) is 1.08. The van der Waals surface area contributed by atoms with Gasteiger partial charge in [-0.1, -0.05) is 12.2 Å². The van der Waals surface area contributed by atoms with Gasteiger partial charge in [0.2, 0.25) is 0 Å². The lowest BCUT2D eigenvalue weighted by Crippen LogP contribution is -2.12. The third-order valence-electron chi connectivity index (χ3n) is 1.17. The highest BCUT2D eigenvalue weighted by atomic mass is 16.5. The molecule has 2 heteroatoms. The summed E-state index contributed by atoms with van der Waals surface area (Å²) in [7, 11) is 0. The van der Waals surface area contributed by atoms with Crippen LogP contribution in [0, 0.1) is 0 Å². The van der Waals surface area contributed by atoms with E-state index in [1.165, 1.54) is 0 Å². The Bertz CT molecular complexity index is 98.7. The summed E-state index contributed by atoms with van der Waals surface area (Å²) in [5.41, 5.74) is 0. The summed E-state index contributed by atoms with van der Waals surface area (Å²) < 4.78 is 5.15. The zero-order valence-electron chi connectivity index (χ0n) is 4.87. The Morgan fingerprint density at radius 2 is 2.38 bits per heavy atom. The van der Waals surface area contributed by atoms with Crippen molar-refractivity contribution in [2.75, 3.05) is 6.61 Å². The summed E-state index contributed by atoms with van der Waals surface area (Å²) in [6.45, 7) is 2.05. The van der Waals surface area contributed by atoms with E-state index < -0.39 is 0 Å². The third-order valence-corrected chi connectivity index (χ3v) is 1.17. The van der Waals surface area contributed by atoms with E-state index in [0.717, 1.165) is 0 Å². The van der Waals surface area contributed by atoms with Crippen LogP contribution in [0.4, 0.5) is 0 Å². The second kappa shape index (κ2) is 2.29. The Morgan fingerprint density at radius 1 is 1.62 bits per heavy atom. The summed E-state index contributed by atoms with van der Waals surface area (Å²) >= 11 is 0. The highest BCUT2D eigenvalue weighted by Gasteiger charge is 2.12. The van der Waals surface area contributed by atoms with Gasteiger partial charge in [0.15, 0.2) is 0 Å². The van der Waals surface area contributed by atoms with E-state index in [2.05, 4.69) is 0 Å². The van der Waals surface area contributed by atoms with E-state index in [4.69, 9.17) is 9.84 Å². The fourth-order valence-corrected chi connectivity index (χ4v) is 0.751. The van der Waals surface area contributed by atoms with Gasteiger partial charge in [0.05, 0.1) is 18.8 Å². The van der Waals surface area contributed by atoms with Gasteiger partial charge in [-0.3, -0.25) is 0 Å². The Balaban J connectivity index is 2.34. The SMILES string of the molecule is CC1C=CC(CO)O1. The molecule has 0 fully saturated rings. The van der Waals surface area contributed by atoms with E-state index in [1.807, 2.05) is 19.1 Å². The Morgan fingerprint density at radius 3 is 2.62 bits per heavy atom. The molecule has 0 saturated heterocycles. The van der Waals surface area contributed by atoms with Crippen molar-refractivity contribution in [3.05, 3.63) is 12.2 Å². The smallest absolute Gasteiger partial charge is 0.0995 e. The zero-order chi connectivity index (χ0) is 5.98. The van der Waals surface area contributed by atoms with Crippen LogP contribution < -0.4 is 0 Å². The van der Waals surface area contributed by atoms with Crippen molar-refractivity contribution in [2.45, 2.75) is 19.1 Å². The van der Waals surface area contributed by atoms with Gasteiger partial charge < -0.3 is 9.84 Å². The molecule has 2 atom stereocenters. The molecule has 1 heterocycles. The predicted octanol–water partition coefficient (Wildman–Crippen LogP) is 0.322. The second-order valence-corrected chi connectivity index (χ2v) is 1.95. The molecule has 46 valence electrons. The molecule has 1 N–H and O–H groups in total. The van der Waals surface area contributed by atoms with E-state index in [9.17, 15) is 0 Å². The van der Waals surface area contributed by atoms with Crippen LogP contribution >= 0.6 is 0 Å². The molecule has 0 aromatic rings. The van der Waals surface area contributed by atoms with E-state index in [0.29, 0.717) is 0 Å². The molecule has 0 saturated carbocycles. The van der Waals surface area contributed by atoms with Crippen molar-refractivity contribution in [3.63, 3.8) is 0 Å². The summed E-state index contributed by atoms with van der Waals surface area (Å²) in [6, 6.07) is 0. The van der Waals surface area contributed by atoms with Crippen molar-refractivity contribution < 1.29 is 9.84 Å². The Kier molecular flexibility index (Phi) is 1.65. The summed E-state index contributed by atoms with van der Waals surface area (Å²) in [5.74, 6) is 0. The van der Waals surface area contributed by atoms with Gasteiger partial charge in [-0.25, -0.2) is 0 Å². The van der Waals surface area contributed by atoms with Gasteiger partial charge >= 0.3 is 0 Å². The van der Waals surface area contributed by atoms with E-state index >= 15 is 0 Å². The first kappa shape index (κ1) is 5.79. The fraction of sp³-hybridized carbons (Fsp3) is 0.667. The number of ether oxygens (including phenoxy) is 1. The molecule has 0 amide bonds. The van der Waals surface area contributed by atoms with Gasteiger partial charge in [0.1, 0.15) is 0 Å². The van der Waals surface area contributed by atoms with Gasteiger partial charge in [-0.2, -0.15) is 0 Å². The largest absolute Gasteiger partial charge is 0.393 e. The number of aliphatic hydroxyl groups is 1. The number of hydrogen-bond donors (Lipinski definition) is 1. The average Bonchev–Trinajstić information content (AvgIpc) is 2.14. The first-order chi connectivity index (χ1) is 3.83. The van der Waals surface area contributed by atoms with Gasteiger partial charge in [0, 0.05) is 0 Å². The molecule has 2 nitrogen and oxygen atoms in total. The quantitative estimate of drug-likeness (QED) is 0.497. The molecule has 0 spiro atoms. The highest BCUT2D eigenvalue weighted by molar-refractivity contribution is 4.99. The molecule has 0 aliphatic carbocycles. The maximum Gasteiger partial charge on any atom is 0.0995 e. The van der Waals surface area contributed by atoms with Crippen LogP contribution in [0.3, 0.4) is 0 Å². The molecule has 0 aromatic carbocycles. The minimum absolute atomic E-state index is 0.0509. The van der Waals surface area contributed by atoms with Crippen LogP contribution in [0.15, 0.2) is 12.2 Å². The molecule has 1 aliphatic rings. The highest BCUT2D eigenvalue weighted by Crippen LogP contribution is 2.08. The minimum Gasteiger partial charge on any atom is -0.393 e. The maximum absolute atomic E-state index is 8.51. The predicted molar refractivity (Wildman–Crippen MR) is 30.6 cm³/mol. The van der Waals surface area contributed by atoms with Crippen molar-refractivity contribution in [2.24, 2.45) is 0 Å². The van der Waals surface area contributed by atoms with Gasteiger partial charge in [0.25, 0.3) is 0 Å². The van der Waals surface area contributed by atoms with E-state index in [1.54, 1.807) is 0 Å². The Hall–Kier alpha value is -0.340. The normalized spacial score (nSPS) is 36.2. The Labute approximate surface area is 48.8 Å². The monoisotopic (exact) mass is 114 g/mol.